The second-order valence-corrected chi connectivity index (χ2v) is 5.92. The van der Waals surface area contributed by atoms with E-state index in [2.05, 4.69) is 9.82 Å². The monoisotopic (exact) mass is 259 g/mol. The minimum Gasteiger partial charge on any atom is -0.481 e. The van der Waals surface area contributed by atoms with Crippen LogP contribution in [0.5, 0.6) is 0 Å². The summed E-state index contributed by atoms with van der Waals surface area (Å²) in [5.74, 6) is -0.954. The van der Waals surface area contributed by atoms with Gasteiger partial charge in [-0.15, -0.1) is 0 Å². The van der Waals surface area contributed by atoms with Crippen LogP contribution in [-0.2, 0) is 21.9 Å². The van der Waals surface area contributed by atoms with E-state index in [-0.39, 0.29) is 11.6 Å². The van der Waals surface area contributed by atoms with Crippen LogP contribution in [0.2, 0.25) is 0 Å². The van der Waals surface area contributed by atoms with E-state index in [4.69, 9.17) is 5.11 Å². The minimum absolute atomic E-state index is 0.0266. The maximum absolute atomic E-state index is 11.8. The van der Waals surface area contributed by atoms with E-state index in [1.807, 2.05) is 0 Å². The van der Waals surface area contributed by atoms with Gasteiger partial charge in [-0.25, -0.2) is 13.1 Å². The van der Waals surface area contributed by atoms with Crippen molar-refractivity contribution in [2.75, 3.05) is 6.54 Å². The van der Waals surface area contributed by atoms with Gasteiger partial charge in [-0.3, -0.25) is 9.48 Å². The van der Waals surface area contributed by atoms with Gasteiger partial charge >= 0.3 is 5.97 Å². The Kier molecular flexibility index (Phi) is 2.70. The maximum atomic E-state index is 11.8. The average molecular weight is 259 g/mol. The van der Waals surface area contributed by atoms with Gasteiger partial charge in [0.15, 0.2) is 5.03 Å². The van der Waals surface area contributed by atoms with Crippen LogP contribution in [0.4, 0.5) is 0 Å². The zero-order valence-electron chi connectivity index (χ0n) is 9.25. The molecule has 8 heteroatoms. The first-order valence-electron chi connectivity index (χ1n) is 5.08. The molecule has 0 aromatic carbocycles. The summed E-state index contributed by atoms with van der Waals surface area (Å²) in [5, 5.41) is 12.7. The molecule has 1 saturated carbocycles. The van der Waals surface area contributed by atoms with Gasteiger partial charge in [0.1, 0.15) is 0 Å². The van der Waals surface area contributed by atoms with E-state index in [0.717, 1.165) is 0 Å². The quantitative estimate of drug-likeness (QED) is 0.746. The number of rotatable bonds is 5. The molecule has 1 heterocycles. The zero-order chi connectivity index (χ0) is 12.7. The highest BCUT2D eigenvalue weighted by Crippen LogP contribution is 2.45. The molecule has 0 bridgehead atoms. The summed E-state index contributed by atoms with van der Waals surface area (Å²) in [6.07, 6.45) is 2.39. The standard InChI is InChI=1S/C9H13N3O4S/c1-12-7(2-5-10-12)17(15,16)11-6-9(3-4-9)8(13)14/h2,5,11H,3-4,6H2,1H3,(H,13,14). The largest absolute Gasteiger partial charge is 0.481 e. The topological polar surface area (TPSA) is 101 Å². The SMILES string of the molecule is Cn1nccc1S(=O)(=O)NCC1(C(=O)O)CC1. The average Bonchev–Trinajstić information content (AvgIpc) is 2.92. The Labute approximate surface area is 98.5 Å². The molecule has 1 aromatic rings. The van der Waals surface area contributed by atoms with Gasteiger partial charge in [0, 0.05) is 13.6 Å². The van der Waals surface area contributed by atoms with Crippen molar-refractivity contribution in [3.05, 3.63) is 12.3 Å². The minimum atomic E-state index is -3.69. The number of nitrogens with zero attached hydrogens (tertiary/aromatic N) is 2. The molecule has 0 amide bonds. The van der Waals surface area contributed by atoms with Crippen LogP contribution in [0.3, 0.4) is 0 Å². The fourth-order valence-electron chi connectivity index (χ4n) is 1.55. The molecule has 0 radical (unpaired) electrons. The van der Waals surface area contributed by atoms with Gasteiger partial charge in [-0.05, 0) is 18.9 Å². The first kappa shape index (κ1) is 12.1. The molecule has 0 saturated heterocycles. The van der Waals surface area contributed by atoms with Crippen LogP contribution in [-0.4, -0.2) is 35.8 Å². The molecule has 0 atom stereocenters. The van der Waals surface area contributed by atoms with E-state index >= 15 is 0 Å². The molecule has 7 nitrogen and oxygen atoms in total. The highest BCUT2D eigenvalue weighted by atomic mass is 32.2. The fraction of sp³-hybridized carbons (Fsp3) is 0.556. The molecule has 1 aliphatic carbocycles. The smallest absolute Gasteiger partial charge is 0.310 e. The summed E-state index contributed by atoms with van der Waals surface area (Å²) >= 11 is 0. The molecule has 0 unspecified atom stereocenters. The Morgan fingerprint density at radius 2 is 2.29 bits per heavy atom. The Hall–Kier alpha value is -1.41. The molecular formula is C9H13N3O4S. The molecule has 1 fully saturated rings. The summed E-state index contributed by atoms with van der Waals surface area (Å²) in [6, 6.07) is 1.36. The number of hydrogen-bond donors (Lipinski definition) is 2. The number of carbonyl (C=O) groups is 1. The fourth-order valence-corrected chi connectivity index (χ4v) is 2.80. The lowest BCUT2D eigenvalue weighted by Crippen LogP contribution is -2.35. The van der Waals surface area contributed by atoms with Crippen LogP contribution in [0, 0.1) is 5.41 Å². The number of aromatic nitrogens is 2. The molecule has 94 valence electrons. The molecule has 2 N–H and O–H groups in total. The molecule has 0 aliphatic heterocycles. The van der Waals surface area contributed by atoms with Gasteiger partial charge < -0.3 is 5.11 Å². The number of nitrogens with one attached hydrogen (secondary N) is 1. The van der Waals surface area contributed by atoms with Crippen molar-refractivity contribution in [2.24, 2.45) is 12.5 Å². The predicted molar refractivity (Wildman–Crippen MR) is 57.7 cm³/mol. The van der Waals surface area contributed by atoms with E-state index in [1.165, 1.54) is 24.0 Å². The Morgan fingerprint density at radius 1 is 1.65 bits per heavy atom. The van der Waals surface area contributed by atoms with Crippen LogP contribution in [0.1, 0.15) is 12.8 Å². The number of carboxylic acid groups (broad SMARTS) is 1. The van der Waals surface area contributed by atoms with Gasteiger partial charge in [0.25, 0.3) is 10.0 Å². The second-order valence-electron chi connectivity index (χ2n) is 4.20. The van der Waals surface area contributed by atoms with Crippen molar-refractivity contribution in [3.8, 4) is 0 Å². The third kappa shape index (κ3) is 2.18. The first-order valence-corrected chi connectivity index (χ1v) is 6.57. The Morgan fingerprint density at radius 3 is 2.71 bits per heavy atom. The number of aliphatic carboxylic acids is 1. The number of carboxylic acids is 1. The Balaban J connectivity index is 2.10. The number of aryl methyl sites for hydroxylation is 1. The zero-order valence-corrected chi connectivity index (χ0v) is 10.1. The van der Waals surface area contributed by atoms with Crippen LogP contribution < -0.4 is 4.72 Å². The van der Waals surface area contributed by atoms with Crippen molar-refractivity contribution in [1.82, 2.24) is 14.5 Å². The van der Waals surface area contributed by atoms with Crippen LogP contribution in [0.15, 0.2) is 17.3 Å². The van der Waals surface area contributed by atoms with Gasteiger partial charge in [0.05, 0.1) is 11.6 Å². The lowest BCUT2D eigenvalue weighted by molar-refractivity contribution is -0.143. The highest BCUT2D eigenvalue weighted by molar-refractivity contribution is 7.89. The van der Waals surface area contributed by atoms with Gasteiger partial charge in [-0.2, -0.15) is 5.10 Å². The van der Waals surface area contributed by atoms with Gasteiger partial charge in [0.2, 0.25) is 0 Å². The summed E-state index contributed by atoms with van der Waals surface area (Å²) in [4.78, 5) is 10.9. The van der Waals surface area contributed by atoms with E-state index in [0.29, 0.717) is 12.8 Å². The normalized spacial score (nSPS) is 17.9. The van der Waals surface area contributed by atoms with Crippen molar-refractivity contribution < 1.29 is 18.3 Å². The van der Waals surface area contributed by atoms with E-state index in [9.17, 15) is 13.2 Å². The van der Waals surface area contributed by atoms with E-state index in [1.54, 1.807) is 0 Å². The molecule has 1 aliphatic rings. The van der Waals surface area contributed by atoms with Crippen LogP contribution in [0.25, 0.3) is 0 Å². The predicted octanol–water partition coefficient (Wildman–Crippen LogP) is -0.437. The van der Waals surface area contributed by atoms with Crippen molar-refractivity contribution in [3.63, 3.8) is 0 Å². The first-order chi connectivity index (χ1) is 7.87. The van der Waals surface area contributed by atoms with Crippen molar-refractivity contribution in [1.29, 1.82) is 0 Å². The highest BCUT2D eigenvalue weighted by Gasteiger charge is 2.50. The lowest BCUT2D eigenvalue weighted by Gasteiger charge is -2.11. The third-order valence-electron chi connectivity index (χ3n) is 2.96. The van der Waals surface area contributed by atoms with E-state index < -0.39 is 21.4 Å². The summed E-state index contributed by atoms with van der Waals surface area (Å²) in [6.45, 7) is -0.0736. The number of sulfonamides is 1. The summed E-state index contributed by atoms with van der Waals surface area (Å²) in [5.41, 5.74) is -0.911. The molecule has 1 aromatic heterocycles. The van der Waals surface area contributed by atoms with Crippen molar-refractivity contribution in [2.45, 2.75) is 17.9 Å². The van der Waals surface area contributed by atoms with Crippen molar-refractivity contribution >= 4 is 16.0 Å². The lowest BCUT2D eigenvalue weighted by atomic mass is 10.1. The molecule has 17 heavy (non-hydrogen) atoms. The summed E-state index contributed by atoms with van der Waals surface area (Å²) < 4.78 is 27.2. The molecule has 2 rings (SSSR count). The summed E-state index contributed by atoms with van der Waals surface area (Å²) in [7, 11) is -2.17. The van der Waals surface area contributed by atoms with Gasteiger partial charge in [-0.1, -0.05) is 0 Å². The van der Waals surface area contributed by atoms with Crippen LogP contribution >= 0.6 is 0 Å². The third-order valence-corrected chi connectivity index (χ3v) is 4.43. The Bertz CT molecular complexity index is 544. The second kappa shape index (κ2) is 3.81. The maximum Gasteiger partial charge on any atom is 0.310 e. The number of hydrogen-bond acceptors (Lipinski definition) is 4. The molecular weight excluding hydrogens is 246 g/mol. The molecule has 0 spiro atoms.